The molecule has 26 heavy (non-hydrogen) atoms. The van der Waals surface area contributed by atoms with Crippen LogP contribution in [0.4, 0.5) is 10.2 Å². The van der Waals surface area contributed by atoms with Crippen LogP contribution in [-0.2, 0) is 6.42 Å². The zero-order valence-electron chi connectivity index (χ0n) is 13.5. The minimum atomic E-state index is -0.396. The van der Waals surface area contributed by atoms with Gasteiger partial charge in [-0.3, -0.25) is 4.79 Å². The molecule has 0 saturated heterocycles. The molecule has 0 spiro atoms. The lowest BCUT2D eigenvalue weighted by Gasteiger charge is -2.05. The van der Waals surface area contributed by atoms with Crippen molar-refractivity contribution in [1.29, 1.82) is 0 Å². The Bertz CT molecular complexity index is 1080. The third-order valence-corrected chi connectivity index (χ3v) is 3.72. The highest BCUT2D eigenvalue weighted by atomic mass is 19.1. The fraction of sp³-hybridized carbons (Fsp3) is 0.0556. The van der Waals surface area contributed by atoms with E-state index in [4.69, 9.17) is 0 Å². The van der Waals surface area contributed by atoms with E-state index in [2.05, 4.69) is 25.6 Å². The molecule has 0 fully saturated rings. The van der Waals surface area contributed by atoms with Gasteiger partial charge in [0.1, 0.15) is 11.5 Å². The standard InChI is InChI=1S/C18H13FN6O/c19-13-3-1-2-12(10-13)11-14-4-6-16(23-22-14)21-18(26)15-5-7-17-20-8-9-25(17)24-15/h1-10H,11H2,(H,21,23,26). The number of nitrogens with zero attached hydrogens (tertiary/aromatic N) is 5. The maximum Gasteiger partial charge on any atom is 0.277 e. The monoisotopic (exact) mass is 348 g/mol. The van der Waals surface area contributed by atoms with E-state index < -0.39 is 5.91 Å². The number of nitrogens with one attached hydrogen (secondary N) is 1. The van der Waals surface area contributed by atoms with Crippen molar-refractivity contribution < 1.29 is 9.18 Å². The van der Waals surface area contributed by atoms with Gasteiger partial charge in [0.05, 0.1) is 5.69 Å². The molecule has 0 saturated carbocycles. The van der Waals surface area contributed by atoms with Gasteiger partial charge in [-0.25, -0.2) is 13.9 Å². The first-order chi connectivity index (χ1) is 12.7. The molecular formula is C18H13FN6O. The van der Waals surface area contributed by atoms with Crippen molar-refractivity contribution in [2.75, 3.05) is 5.32 Å². The molecule has 3 aromatic heterocycles. The molecule has 3 heterocycles. The second-order valence-electron chi connectivity index (χ2n) is 5.62. The van der Waals surface area contributed by atoms with Crippen molar-refractivity contribution in [3.8, 4) is 0 Å². The van der Waals surface area contributed by atoms with Gasteiger partial charge in [-0.05, 0) is 42.0 Å². The number of aromatic nitrogens is 5. The van der Waals surface area contributed by atoms with Crippen molar-refractivity contribution in [1.82, 2.24) is 24.8 Å². The molecule has 7 nitrogen and oxygen atoms in total. The number of carbonyl (C=O) groups excluding carboxylic acids is 1. The molecule has 0 radical (unpaired) electrons. The summed E-state index contributed by atoms with van der Waals surface area (Å²) in [6.07, 6.45) is 3.72. The lowest BCUT2D eigenvalue weighted by molar-refractivity contribution is 0.102. The highest BCUT2D eigenvalue weighted by molar-refractivity contribution is 6.02. The average Bonchev–Trinajstić information content (AvgIpc) is 3.11. The van der Waals surface area contributed by atoms with E-state index >= 15 is 0 Å². The molecule has 4 aromatic rings. The molecule has 0 bridgehead atoms. The molecule has 1 amide bonds. The van der Waals surface area contributed by atoms with Crippen LogP contribution in [0, 0.1) is 5.82 Å². The van der Waals surface area contributed by atoms with E-state index in [1.165, 1.54) is 16.6 Å². The zero-order valence-corrected chi connectivity index (χ0v) is 13.5. The van der Waals surface area contributed by atoms with Crippen LogP contribution in [0.5, 0.6) is 0 Å². The Hall–Kier alpha value is -3.68. The predicted molar refractivity (Wildman–Crippen MR) is 92.2 cm³/mol. The molecule has 1 aromatic carbocycles. The number of carbonyl (C=O) groups is 1. The number of hydrogen-bond acceptors (Lipinski definition) is 5. The van der Waals surface area contributed by atoms with E-state index in [1.807, 2.05) is 6.07 Å². The molecular weight excluding hydrogens is 335 g/mol. The Morgan fingerprint density at radius 1 is 1.12 bits per heavy atom. The van der Waals surface area contributed by atoms with Crippen LogP contribution in [0.15, 0.2) is 60.9 Å². The first-order valence-electron chi connectivity index (χ1n) is 7.86. The number of hydrogen-bond donors (Lipinski definition) is 1. The van der Waals surface area contributed by atoms with Crippen LogP contribution in [0.3, 0.4) is 0 Å². The molecule has 0 aliphatic rings. The fourth-order valence-electron chi connectivity index (χ4n) is 2.49. The molecule has 0 unspecified atom stereocenters. The molecule has 128 valence electrons. The van der Waals surface area contributed by atoms with Gasteiger partial charge in [0.25, 0.3) is 5.91 Å². The van der Waals surface area contributed by atoms with E-state index in [0.717, 1.165) is 5.56 Å². The summed E-state index contributed by atoms with van der Waals surface area (Å²) < 4.78 is 14.7. The van der Waals surface area contributed by atoms with Crippen LogP contribution < -0.4 is 5.32 Å². The first kappa shape index (κ1) is 15.8. The van der Waals surface area contributed by atoms with Crippen LogP contribution in [0.2, 0.25) is 0 Å². The fourth-order valence-corrected chi connectivity index (χ4v) is 2.49. The molecule has 8 heteroatoms. The molecule has 0 aliphatic carbocycles. The van der Waals surface area contributed by atoms with Crippen molar-refractivity contribution in [2.45, 2.75) is 6.42 Å². The summed E-state index contributed by atoms with van der Waals surface area (Å²) in [6.45, 7) is 0. The van der Waals surface area contributed by atoms with Gasteiger partial charge in [-0.1, -0.05) is 12.1 Å². The minimum Gasteiger partial charge on any atom is -0.304 e. The van der Waals surface area contributed by atoms with E-state index in [-0.39, 0.29) is 11.5 Å². The van der Waals surface area contributed by atoms with Gasteiger partial charge in [-0.15, -0.1) is 5.10 Å². The molecule has 0 aliphatic heterocycles. The van der Waals surface area contributed by atoms with Crippen molar-refractivity contribution in [2.24, 2.45) is 0 Å². The maximum atomic E-state index is 13.2. The van der Waals surface area contributed by atoms with Crippen LogP contribution in [0.25, 0.3) is 5.65 Å². The normalized spacial score (nSPS) is 10.8. The van der Waals surface area contributed by atoms with Gasteiger partial charge in [0.15, 0.2) is 11.5 Å². The number of anilines is 1. The molecule has 1 N–H and O–H groups in total. The predicted octanol–water partition coefficient (Wildman–Crippen LogP) is 2.50. The Morgan fingerprint density at radius 3 is 2.85 bits per heavy atom. The summed E-state index contributed by atoms with van der Waals surface area (Å²) in [5.74, 6) is -0.375. The third kappa shape index (κ3) is 3.39. The molecule has 0 atom stereocenters. The van der Waals surface area contributed by atoms with Crippen LogP contribution in [0.1, 0.15) is 21.7 Å². The number of rotatable bonds is 4. The number of amides is 1. The average molecular weight is 348 g/mol. The number of halogens is 1. The van der Waals surface area contributed by atoms with Crippen LogP contribution in [-0.4, -0.2) is 30.7 Å². The van der Waals surface area contributed by atoms with Gasteiger partial charge in [0.2, 0.25) is 0 Å². The lowest BCUT2D eigenvalue weighted by atomic mass is 10.1. The number of fused-ring (bicyclic) bond motifs is 1. The van der Waals surface area contributed by atoms with E-state index in [9.17, 15) is 9.18 Å². The van der Waals surface area contributed by atoms with E-state index in [1.54, 1.807) is 42.7 Å². The Balaban J connectivity index is 1.45. The Labute approximate surface area is 147 Å². The first-order valence-corrected chi connectivity index (χ1v) is 7.86. The van der Waals surface area contributed by atoms with Gasteiger partial charge in [-0.2, -0.15) is 10.2 Å². The van der Waals surface area contributed by atoms with Gasteiger partial charge >= 0.3 is 0 Å². The summed E-state index contributed by atoms with van der Waals surface area (Å²) in [4.78, 5) is 16.4. The topological polar surface area (TPSA) is 85.1 Å². The summed E-state index contributed by atoms with van der Waals surface area (Å²) in [7, 11) is 0. The maximum absolute atomic E-state index is 13.2. The highest BCUT2D eigenvalue weighted by Crippen LogP contribution is 2.11. The second kappa shape index (κ2) is 6.67. The number of imidazole rings is 1. The molecule has 4 rings (SSSR count). The van der Waals surface area contributed by atoms with Gasteiger partial charge in [0, 0.05) is 18.8 Å². The Kier molecular flexibility index (Phi) is 4.06. The van der Waals surface area contributed by atoms with Crippen molar-refractivity contribution in [3.63, 3.8) is 0 Å². The number of benzene rings is 1. The third-order valence-electron chi connectivity index (χ3n) is 3.72. The highest BCUT2D eigenvalue weighted by Gasteiger charge is 2.10. The zero-order chi connectivity index (χ0) is 17.9. The van der Waals surface area contributed by atoms with Crippen LogP contribution >= 0.6 is 0 Å². The quantitative estimate of drug-likeness (QED) is 0.612. The second-order valence-corrected chi connectivity index (χ2v) is 5.62. The lowest BCUT2D eigenvalue weighted by Crippen LogP contribution is -2.16. The Morgan fingerprint density at radius 2 is 2.04 bits per heavy atom. The largest absolute Gasteiger partial charge is 0.304 e. The minimum absolute atomic E-state index is 0.237. The SMILES string of the molecule is O=C(Nc1ccc(Cc2cccc(F)c2)nn1)c1ccc2nccn2n1. The summed E-state index contributed by atoms with van der Waals surface area (Å²) in [5.41, 5.74) is 2.37. The van der Waals surface area contributed by atoms with E-state index in [0.29, 0.717) is 23.6 Å². The van der Waals surface area contributed by atoms with Crippen molar-refractivity contribution >= 4 is 17.4 Å². The van der Waals surface area contributed by atoms with Crippen molar-refractivity contribution in [3.05, 3.63) is 83.7 Å². The smallest absolute Gasteiger partial charge is 0.277 e. The summed E-state index contributed by atoms with van der Waals surface area (Å²) in [5, 5.41) is 14.9. The van der Waals surface area contributed by atoms with Gasteiger partial charge < -0.3 is 5.32 Å². The summed E-state index contributed by atoms with van der Waals surface area (Å²) >= 11 is 0. The summed E-state index contributed by atoms with van der Waals surface area (Å²) in [6, 6.07) is 13.0.